The lowest BCUT2D eigenvalue weighted by molar-refractivity contribution is -0.118. The molecule has 44 heavy (non-hydrogen) atoms. The quantitative estimate of drug-likeness (QED) is 0.139. The number of nitrogens with one attached hydrogen (secondary N) is 3. The molecule has 4 atom stereocenters. The highest BCUT2D eigenvalue weighted by atomic mass is 35.5. The Labute approximate surface area is 266 Å². The van der Waals surface area contributed by atoms with Gasteiger partial charge in [0.1, 0.15) is 6.04 Å². The molecule has 11 heteroatoms. The van der Waals surface area contributed by atoms with Crippen molar-refractivity contribution in [2.75, 3.05) is 18.4 Å². The minimum absolute atomic E-state index is 0.108. The van der Waals surface area contributed by atoms with E-state index >= 15 is 0 Å². The van der Waals surface area contributed by atoms with Gasteiger partial charge >= 0.3 is 6.09 Å². The SMILES string of the molecule is O=C(O)N[C@H](C(=O)Nc1nccnc1CC[C@@H]1CNC[C@@H](C(S)c2ccc(Cl)cc2)O1)C(c1ccccc1)c1ccccc1. The van der Waals surface area contributed by atoms with Crippen LogP contribution in [0, 0.1) is 0 Å². The van der Waals surface area contributed by atoms with Gasteiger partial charge in [-0.05, 0) is 41.7 Å². The third kappa shape index (κ3) is 8.15. The van der Waals surface area contributed by atoms with Gasteiger partial charge in [0, 0.05) is 36.4 Å². The summed E-state index contributed by atoms with van der Waals surface area (Å²) in [5.74, 6) is -0.839. The Balaban J connectivity index is 1.30. The Morgan fingerprint density at radius 2 is 1.57 bits per heavy atom. The molecule has 9 nitrogen and oxygen atoms in total. The van der Waals surface area contributed by atoms with Crippen LogP contribution < -0.4 is 16.0 Å². The number of hydrogen-bond donors (Lipinski definition) is 5. The molecule has 1 aliphatic rings. The van der Waals surface area contributed by atoms with Crippen LogP contribution in [0.1, 0.15) is 40.0 Å². The van der Waals surface area contributed by atoms with E-state index < -0.39 is 24.0 Å². The fraction of sp³-hybridized carbons (Fsp3) is 0.273. The Morgan fingerprint density at radius 3 is 2.20 bits per heavy atom. The average Bonchev–Trinajstić information content (AvgIpc) is 3.05. The van der Waals surface area contributed by atoms with Crippen molar-refractivity contribution in [2.45, 2.75) is 42.3 Å². The van der Waals surface area contributed by atoms with Crippen LogP contribution in [-0.2, 0) is 16.0 Å². The van der Waals surface area contributed by atoms with Gasteiger partial charge < -0.3 is 25.8 Å². The molecule has 0 radical (unpaired) electrons. The Hall–Kier alpha value is -3.96. The van der Waals surface area contributed by atoms with Gasteiger partial charge in [-0.15, -0.1) is 0 Å². The van der Waals surface area contributed by atoms with Gasteiger partial charge in [0.2, 0.25) is 5.91 Å². The summed E-state index contributed by atoms with van der Waals surface area (Å²) < 4.78 is 6.40. The molecule has 1 unspecified atom stereocenters. The van der Waals surface area contributed by atoms with E-state index in [0.717, 1.165) is 16.7 Å². The normalized spacial score (nSPS) is 17.9. The van der Waals surface area contributed by atoms with Crippen LogP contribution in [0.3, 0.4) is 0 Å². The van der Waals surface area contributed by atoms with Gasteiger partial charge in [-0.2, -0.15) is 12.6 Å². The second-order valence-electron chi connectivity index (χ2n) is 10.6. The number of rotatable bonds is 11. The number of anilines is 1. The molecule has 3 aromatic carbocycles. The van der Waals surface area contributed by atoms with Crippen LogP contribution in [-0.4, -0.2) is 58.4 Å². The molecule has 0 saturated carbocycles. The summed E-state index contributed by atoms with van der Waals surface area (Å²) in [7, 11) is 0. The van der Waals surface area contributed by atoms with E-state index in [1.165, 1.54) is 6.20 Å². The van der Waals surface area contributed by atoms with Gasteiger partial charge in [-0.1, -0.05) is 84.4 Å². The zero-order chi connectivity index (χ0) is 30.9. The number of carboxylic acid groups (broad SMARTS) is 1. The number of benzene rings is 3. The number of morpholine rings is 1. The number of nitrogens with zero attached hydrogens (tertiary/aromatic N) is 2. The summed E-state index contributed by atoms with van der Waals surface area (Å²) in [4.78, 5) is 34.6. The number of aryl methyl sites for hydroxylation is 1. The van der Waals surface area contributed by atoms with Crippen molar-refractivity contribution in [1.29, 1.82) is 0 Å². The number of amides is 2. The molecule has 1 saturated heterocycles. The van der Waals surface area contributed by atoms with Crippen molar-refractivity contribution in [3.05, 3.63) is 125 Å². The largest absolute Gasteiger partial charge is 0.465 e. The fourth-order valence-electron chi connectivity index (χ4n) is 5.44. The van der Waals surface area contributed by atoms with Crippen molar-refractivity contribution < 1.29 is 19.4 Å². The molecular formula is C33H34ClN5O4S. The number of thiol groups is 1. The van der Waals surface area contributed by atoms with Gasteiger partial charge in [-0.3, -0.25) is 9.78 Å². The van der Waals surface area contributed by atoms with Crippen molar-refractivity contribution in [3.8, 4) is 0 Å². The smallest absolute Gasteiger partial charge is 0.405 e. The highest BCUT2D eigenvalue weighted by Gasteiger charge is 2.33. The summed E-state index contributed by atoms with van der Waals surface area (Å²) in [6.07, 6.45) is 2.62. The molecule has 1 aliphatic heterocycles. The zero-order valence-electron chi connectivity index (χ0n) is 23.8. The molecular weight excluding hydrogens is 598 g/mol. The lowest BCUT2D eigenvalue weighted by Crippen LogP contribution is -2.47. The van der Waals surface area contributed by atoms with E-state index in [4.69, 9.17) is 29.0 Å². The molecule has 0 bridgehead atoms. The number of aromatic nitrogens is 2. The minimum Gasteiger partial charge on any atom is -0.465 e. The number of carbonyl (C=O) groups is 2. The number of carbonyl (C=O) groups excluding carboxylic acids is 1. The standard InChI is InChI=1S/C33H34ClN5O4S/c34-24-13-11-23(12-14-24)30(44)27-20-35-19-25(43-27)15-16-26-31(37-18-17-36-26)39-32(40)29(38-33(41)42)28(21-7-3-1-4-8-21)22-9-5-2-6-10-22/h1-14,17-18,25,27-30,35,38,44H,15-16,19-20H2,(H,41,42)(H,37,39,40)/t25-,27+,29+,30?/m1/s1. The zero-order valence-corrected chi connectivity index (χ0v) is 25.5. The van der Waals surface area contributed by atoms with Crippen molar-refractivity contribution in [3.63, 3.8) is 0 Å². The molecule has 0 aliphatic carbocycles. The van der Waals surface area contributed by atoms with E-state index in [1.807, 2.05) is 84.9 Å². The third-order valence-electron chi connectivity index (χ3n) is 7.58. The molecule has 5 rings (SSSR count). The molecule has 1 fully saturated rings. The fourth-order valence-corrected chi connectivity index (χ4v) is 5.91. The summed E-state index contributed by atoms with van der Waals surface area (Å²) in [5.41, 5.74) is 3.20. The van der Waals surface area contributed by atoms with Crippen LogP contribution in [0.5, 0.6) is 0 Å². The van der Waals surface area contributed by atoms with Gasteiger partial charge in [0.25, 0.3) is 0 Å². The van der Waals surface area contributed by atoms with Crippen molar-refractivity contribution in [1.82, 2.24) is 20.6 Å². The van der Waals surface area contributed by atoms with Crippen LogP contribution in [0.15, 0.2) is 97.3 Å². The Kier molecular flexibility index (Phi) is 10.8. The molecule has 1 aromatic heterocycles. The van der Waals surface area contributed by atoms with E-state index in [2.05, 4.69) is 25.9 Å². The van der Waals surface area contributed by atoms with E-state index in [0.29, 0.717) is 36.6 Å². The predicted molar refractivity (Wildman–Crippen MR) is 173 cm³/mol. The topological polar surface area (TPSA) is 125 Å². The van der Waals surface area contributed by atoms with Gasteiger partial charge in [-0.25, -0.2) is 9.78 Å². The van der Waals surface area contributed by atoms with Gasteiger partial charge in [0.05, 0.1) is 23.2 Å². The summed E-state index contributed by atoms with van der Waals surface area (Å²) in [5, 5.41) is 19.0. The second kappa shape index (κ2) is 15.2. The summed E-state index contributed by atoms with van der Waals surface area (Å²) in [6.45, 7) is 1.34. The maximum Gasteiger partial charge on any atom is 0.405 e. The number of halogens is 1. The molecule has 2 amide bonds. The van der Waals surface area contributed by atoms with E-state index in [-0.39, 0.29) is 23.3 Å². The monoisotopic (exact) mass is 631 g/mol. The first-order valence-electron chi connectivity index (χ1n) is 14.4. The molecule has 2 heterocycles. The molecule has 0 spiro atoms. The average molecular weight is 632 g/mol. The summed E-state index contributed by atoms with van der Waals surface area (Å²) in [6, 6.07) is 25.2. The first-order valence-corrected chi connectivity index (χ1v) is 15.3. The van der Waals surface area contributed by atoms with E-state index in [9.17, 15) is 14.7 Å². The van der Waals surface area contributed by atoms with Gasteiger partial charge in [0.15, 0.2) is 5.82 Å². The Morgan fingerprint density at radius 1 is 0.932 bits per heavy atom. The molecule has 4 aromatic rings. The van der Waals surface area contributed by atoms with E-state index in [1.54, 1.807) is 6.20 Å². The van der Waals surface area contributed by atoms with Crippen molar-refractivity contribution in [2.24, 2.45) is 0 Å². The molecule has 228 valence electrons. The first kappa shape index (κ1) is 31.5. The number of ether oxygens (including phenoxy) is 1. The van der Waals surface area contributed by atoms with Crippen LogP contribution >= 0.6 is 24.2 Å². The Bertz CT molecular complexity index is 1490. The van der Waals surface area contributed by atoms with Crippen molar-refractivity contribution >= 4 is 42.0 Å². The van der Waals surface area contributed by atoms with Crippen LogP contribution in [0.4, 0.5) is 10.6 Å². The second-order valence-corrected chi connectivity index (χ2v) is 11.5. The highest BCUT2D eigenvalue weighted by Crippen LogP contribution is 2.31. The summed E-state index contributed by atoms with van der Waals surface area (Å²) >= 11 is 10.9. The molecule has 4 N–H and O–H groups in total. The first-order chi connectivity index (χ1) is 21.4. The lowest BCUT2D eigenvalue weighted by Gasteiger charge is -2.34. The van der Waals surface area contributed by atoms with Crippen LogP contribution in [0.2, 0.25) is 5.02 Å². The van der Waals surface area contributed by atoms with Crippen LogP contribution in [0.25, 0.3) is 0 Å². The maximum atomic E-state index is 13.8. The lowest BCUT2D eigenvalue weighted by atomic mass is 9.84. The number of hydrogen-bond acceptors (Lipinski definition) is 7. The predicted octanol–water partition coefficient (Wildman–Crippen LogP) is 5.50. The maximum absolute atomic E-state index is 13.8. The highest BCUT2D eigenvalue weighted by molar-refractivity contribution is 7.80. The third-order valence-corrected chi connectivity index (χ3v) is 8.46. The minimum atomic E-state index is -1.31.